The van der Waals surface area contributed by atoms with E-state index in [1.54, 1.807) is 25.3 Å². The van der Waals surface area contributed by atoms with Gasteiger partial charge in [-0.1, -0.05) is 18.2 Å². The number of benzene rings is 3. The first kappa shape index (κ1) is 23.9. The van der Waals surface area contributed by atoms with Crippen LogP contribution < -0.4 is 14.8 Å². The first-order valence-electron chi connectivity index (χ1n) is 11.3. The van der Waals surface area contributed by atoms with Gasteiger partial charge >= 0.3 is 5.97 Å². The summed E-state index contributed by atoms with van der Waals surface area (Å²) in [5.41, 5.74) is 5.72. The topological polar surface area (TPSA) is 89.7 Å². The van der Waals surface area contributed by atoms with E-state index in [1.807, 2.05) is 49.4 Å². The highest BCUT2D eigenvalue weighted by Crippen LogP contribution is 2.32. The van der Waals surface area contributed by atoms with Crippen molar-refractivity contribution in [3.8, 4) is 22.8 Å². The number of aromatic nitrogens is 1. The van der Waals surface area contributed by atoms with Gasteiger partial charge in [0, 0.05) is 28.7 Å². The van der Waals surface area contributed by atoms with Crippen molar-refractivity contribution >= 4 is 28.5 Å². The summed E-state index contributed by atoms with van der Waals surface area (Å²) in [6.07, 6.45) is 0.904. The molecule has 0 aliphatic rings. The quantitative estimate of drug-likeness (QED) is 0.324. The Morgan fingerprint density at radius 1 is 0.943 bits per heavy atom. The Kier molecular flexibility index (Phi) is 7.35. The molecule has 7 heteroatoms. The van der Waals surface area contributed by atoms with Gasteiger partial charge in [0.05, 0.1) is 14.2 Å². The van der Waals surface area contributed by atoms with Gasteiger partial charge in [-0.15, -0.1) is 0 Å². The van der Waals surface area contributed by atoms with E-state index in [4.69, 9.17) is 9.47 Å². The fourth-order valence-corrected chi connectivity index (χ4v) is 3.98. The minimum absolute atomic E-state index is 0.0812. The van der Waals surface area contributed by atoms with Crippen molar-refractivity contribution in [3.05, 3.63) is 77.9 Å². The van der Waals surface area contributed by atoms with Gasteiger partial charge in [-0.05, 0) is 78.6 Å². The Morgan fingerprint density at radius 2 is 1.69 bits per heavy atom. The molecule has 7 nitrogen and oxygen atoms in total. The number of ether oxygens (including phenoxy) is 3. The zero-order valence-electron chi connectivity index (χ0n) is 20.0. The summed E-state index contributed by atoms with van der Waals surface area (Å²) in [6.45, 7) is 1.71. The fourth-order valence-electron chi connectivity index (χ4n) is 3.98. The Hall–Kier alpha value is -4.26. The number of fused-ring (bicyclic) bond motifs is 1. The van der Waals surface area contributed by atoms with Crippen LogP contribution in [-0.2, 0) is 20.7 Å². The average molecular weight is 473 g/mol. The molecule has 1 heterocycles. The lowest BCUT2D eigenvalue weighted by atomic mass is 10.0. The highest BCUT2D eigenvalue weighted by molar-refractivity contribution is 5.94. The molecule has 0 aliphatic carbocycles. The molecule has 0 atom stereocenters. The van der Waals surface area contributed by atoms with Crippen LogP contribution in [-0.4, -0.2) is 37.7 Å². The normalized spacial score (nSPS) is 10.7. The Labute approximate surface area is 204 Å². The largest absolute Gasteiger partial charge is 0.497 e. The molecule has 35 heavy (non-hydrogen) atoms. The third kappa shape index (κ3) is 5.63. The van der Waals surface area contributed by atoms with Crippen molar-refractivity contribution in [2.75, 3.05) is 26.1 Å². The van der Waals surface area contributed by atoms with Gasteiger partial charge in [0.1, 0.15) is 11.5 Å². The molecule has 0 radical (unpaired) electrons. The van der Waals surface area contributed by atoms with E-state index in [2.05, 4.69) is 21.1 Å². The summed E-state index contributed by atoms with van der Waals surface area (Å²) in [7, 11) is 2.96. The molecule has 180 valence electrons. The molecule has 4 aromatic rings. The van der Waals surface area contributed by atoms with E-state index >= 15 is 0 Å². The molecule has 0 unspecified atom stereocenters. The van der Waals surface area contributed by atoms with Crippen molar-refractivity contribution < 1.29 is 23.8 Å². The number of methoxy groups -OCH3 is 2. The summed E-state index contributed by atoms with van der Waals surface area (Å²) in [5.74, 6) is 0.797. The summed E-state index contributed by atoms with van der Waals surface area (Å²) in [6, 6.07) is 21.3. The lowest BCUT2D eigenvalue weighted by Gasteiger charge is -2.11. The number of esters is 1. The van der Waals surface area contributed by atoms with E-state index in [0.717, 1.165) is 39.0 Å². The van der Waals surface area contributed by atoms with Gasteiger partial charge in [0.15, 0.2) is 6.61 Å². The summed E-state index contributed by atoms with van der Waals surface area (Å²) >= 11 is 0. The molecule has 0 aliphatic heterocycles. The third-order valence-electron chi connectivity index (χ3n) is 5.85. The zero-order valence-corrected chi connectivity index (χ0v) is 20.0. The SMILES string of the molecule is COC(=O)COc1ccc(NC(=O)CCc2c(-c3ccc(OC)cc3)[nH]c3ccccc23)c(C)c1. The van der Waals surface area contributed by atoms with E-state index < -0.39 is 5.97 Å². The molecule has 0 bridgehead atoms. The molecular weight excluding hydrogens is 444 g/mol. The number of aryl methyl sites for hydroxylation is 2. The number of amides is 1. The average Bonchev–Trinajstić information content (AvgIpc) is 3.26. The number of H-pyrrole nitrogens is 1. The highest BCUT2D eigenvalue weighted by Gasteiger charge is 2.15. The van der Waals surface area contributed by atoms with Crippen LogP contribution in [0, 0.1) is 6.92 Å². The Bertz CT molecular complexity index is 1340. The van der Waals surface area contributed by atoms with Crippen LogP contribution in [0.15, 0.2) is 66.7 Å². The number of carbonyl (C=O) groups excluding carboxylic acids is 2. The maximum atomic E-state index is 12.8. The summed E-state index contributed by atoms with van der Waals surface area (Å²) < 4.78 is 15.3. The molecule has 0 spiro atoms. The zero-order chi connectivity index (χ0) is 24.8. The fraction of sp³-hybridized carbons (Fsp3) is 0.214. The number of carbonyl (C=O) groups is 2. The monoisotopic (exact) mass is 472 g/mol. The minimum atomic E-state index is -0.452. The van der Waals surface area contributed by atoms with Crippen LogP contribution in [0.25, 0.3) is 22.2 Å². The van der Waals surface area contributed by atoms with Crippen LogP contribution in [0.2, 0.25) is 0 Å². The number of para-hydroxylation sites is 1. The first-order chi connectivity index (χ1) is 17.0. The van der Waals surface area contributed by atoms with Crippen LogP contribution in [0.3, 0.4) is 0 Å². The van der Waals surface area contributed by atoms with Gasteiger partial charge < -0.3 is 24.5 Å². The molecule has 3 aromatic carbocycles. The van der Waals surface area contributed by atoms with E-state index in [1.165, 1.54) is 7.11 Å². The second-order valence-corrected chi connectivity index (χ2v) is 8.14. The molecule has 2 N–H and O–H groups in total. The van der Waals surface area contributed by atoms with E-state index in [-0.39, 0.29) is 12.5 Å². The van der Waals surface area contributed by atoms with Crippen molar-refractivity contribution in [2.24, 2.45) is 0 Å². The number of aromatic amines is 1. The third-order valence-corrected chi connectivity index (χ3v) is 5.85. The smallest absolute Gasteiger partial charge is 0.343 e. The number of nitrogens with one attached hydrogen (secondary N) is 2. The maximum absolute atomic E-state index is 12.8. The highest BCUT2D eigenvalue weighted by atomic mass is 16.6. The molecule has 0 saturated heterocycles. The Balaban J connectivity index is 1.47. The van der Waals surface area contributed by atoms with E-state index in [0.29, 0.717) is 24.3 Å². The second-order valence-electron chi connectivity index (χ2n) is 8.14. The maximum Gasteiger partial charge on any atom is 0.343 e. The number of anilines is 1. The van der Waals surface area contributed by atoms with Crippen molar-refractivity contribution in [1.29, 1.82) is 0 Å². The van der Waals surface area contributed by atoms with Crippen molar-refractivity contribution in [3.63, 3.8) is 0 Å². The van der Waals surface area contributed by atoms with Crippen LogP contribution in [0.4, 0.5) is 5.69 Å². The molecular formula is C28H28N2O5. The van der Waals surface area contributed by atoms with Crippen molar-refractivity contribution in [2.45, 2.75) is 19.8 Å². The first-order valence-corrected chi connectivity index (χ1v) is 11.3. The number of rotatable bonds is 9. The van der Waals surface area contributed by atoms with Gasteiger partial charge in [0.25, 0.3) is 0 Å². The van der Waals surface area contributed by atoms with Crippen LogP contribution >= 0.6 is 0 Å². The Morgan fingerprint density at radius 3 is 2.40 bits per heavy atom. The minimum Gasteiger partial charge on any atom is -0.497 e. The molecule has 0 saturated carbocycles. The number of hydrogen-bond acceptors (Lipinski definition) is 5. The van der Waals surface area contributed by atoms with E-state index in [9.17, 15) is 9.59 Å². The predicted octanol–water partition coefficient (Wildman–Crippen LogP) is 5.28. The van der Waals surface area contributed by atoms with Gasteiger partial charge in [-0.2, -0.15) is 0 Å². The lowest BCUT2D eigenvalue weighted by Crippen LogP contribution is -2.14. The lowest BCUT2D eigenvalue weighted by molar-refractivity contribution is -0.142. The van der Waals surface area contributed by atoms with Gasteiger partial charge in [-0.25, -0.2) is 4.79 Å². The van der Waals surface area contributed by atoms with Crippen LogP contribution in [0.1, 0.15) is 17.5 Å². The summed E-state index contributed by atoms with van der Waals surface area (Å²) in [5, 5.41) is 4.09. The van der Waals surface area contributed by atoms with Crippen LogP contribution in [0.5, 0.6) is 11.5 Å². The molecule has 4 rings (SSSR count). The molecule has 1 amide bonds. The number of hydrogen-bond donors (Lipinski definition) is 2. The standard InChI is InChI=1S/C28H28N2O5/c1-18-16-21(35-17-27(32)34-3)12-14-24(18)29-26(31)15-13-23-22-6-4-5-7-25(22)30-28(23)19-8-10-20(33-2)11-9-19/h4-12,14,16,30H,13,15,17H2,1-3H3,(H,29,31). The molecule has 1 aromatic heterocycles. The predicted molar refractivity (Wildman–Crippen MR) is 136 cm³/mol. The summed E-state index contributed by atoms with van der Waals surface area (Å²) in [4.78, 5) is 27.6. The van der Waals surface area contributed by atoms with Gasteiger partial charge in [0.2, 0.25) is 5.91 Å². The van der Waals surface area contributed by atoms with Gasteiger partial charge in [-0.3, -0.25) is 4.79 Å². The second kappa shape index (κ2) is 10.8. The molecule has 0 fully saturated rings. The van der Waals surface area contributed by atoms with Crippen molar-refractivity contribution in [1.82, 2.24) is 4.98 Å².